The van der Waals surface area contributed by atoms with Crippen molar-refractivity contribution in [3.8, 4) is 17.5 Å². The predicted octanol–water partition coefficient (Wildman–Crippen LogP) is 4.15. The summed E-state index contributed by atoms with van der Waals surface area (Å²) >= 11 is 0. The summed E-state index contributed by atoms with van der Waals surface area (Å²) in [6.07, 6.45) is 5.15. The molecule has 2 aromatic carbocycles. The van der Waals surface area contributed by atoms with Crippen LogP contribution in [0.4, 0.5) is 5.82 Å². The van der Waals surface area contributed by atoms with Crippen molar-refractivity contribution in [1.29, 1.82) is 5.26 Å². The van der Waals surface area contributed by atoms with Crippen molar-refractivity contribution in [1.82, 2.24) is 14.7 Å². The summed E-state index contributed by atoms with van der Waals surface area (Å²) in [6, 6.07) is 19.2. The molecule has 1 aliphatic rings. The Morgan fingerprint density at radius 1 is 1.14 bits per heavy atom. The third-order valence-electron chi connectivity index (χ3n) is 5.39. The van der Waals surface area contributed by atoms with Gasteiger partial charge in [-0.15, -0.1) is 0 Å². The van der Waals surface area contributed by atoms with E-state index in [1.807, 2.05) is 10.7 Å². The van der Waals surface area contributed by atoms with E-state index in [0.29, 0.717) is 12.4 Å². The first kappa shape index (κ1) is 18.1. The molecule has 0 aliphatic carbocycles. The van der Waals surface area contributed by atoms with E-state index in [2.05, 4.69) is 61.6 Å². The highest BCUT2D eigenvalue weighted by Crippen LogP contribution is 2.28. The second-order valence-electron chi connectivity index (χ2n) is 7.60. The van der Waals surface area contributed by atoms with Gasteiger partial charge in [-0.25, -0.2) is 4.68 Å². The van der Waals surface area contributed by atoms with Crippen LogP contribution in [0.5, 0.6) is 0 Å². The molecule has 0 radical (unpaired) electrons. The fourth-order valence-corrected chi connectivity index (χ4v) is 3.94. The molecule has 3 aromatic rings. The average Bonchev–Trinajstić information content (AvgIpc) is 3.10. The highest BCUT2D eigenvalue weighted by molar-refractivity contribution is 5.62. The van der Waals surface area contributed by atoms with Crippen LogP contribution in [0.2, 0.25) is 0 Å². The van der Waals surface area contributed by atoms with E-state index in [1.54, 1.807) is 4.90 Å². The Bertz CT molecular complexity index is 997. The molecule has 1 aliphatic heterocycles. The number of nitrogens with two attached hydrogens (primary N) is 1. The van der Waals surface area contributed by atoms with Crippen LogP contribution in [-0.4, -0.2) is 27.8 Å². The number of nitriles is 1. The second-order valence-corrected chi connectivity index (χ2v) is 7.60. The highest BCUT2D eigenvalue weighted by Gasteiger charge is 2.23. The maximum atomic E-state index is 9.17. The summed E-state index contributed by atoms with van der Waals surface area (Å²) in [4.78, 5) is 1.79. The van der Waals surface area contributed by atoms with Crippen molar-refractivity contribution in [2.75, 3.05) is 18.8 Å². The third kappa shape index (κ3) is 3.86. The van der Waals surface area contributed by atoms with Crippen molar-refractivity contribution >= 4 is 5.82 Å². The first-order chi connectivity index (χ1) is 13.6. The van der Waals surface area contributed by atoms with Gasteiger partial charge in [-0.2, -0.15) is 10.4 Å². The van der Waals surface area contributed by atoms with Gasteiger partial charge in [0.15, 0.2) is 6.19 Å². The molecule has 1 aromatic heterocycles. The number of hydrogen-bond donors (Lipinski definition) is 1. The summed E-state index contributed by atoms with van der Waals surface area (Å²) in [7, 11) is 0. The highest BCUT2D eigenvalue weighted by atomic mass is 15.3. The number of aromatic nitrogens is 2. The van der Waals surface area contributed by atoms with Gasteiger partial charge in [0.1, 0.15) is 5.82 Å². The van der Waals surface area contributed by atoms with Crippen molar-refractivity contribution in [2.24, 2.45) is 0 Å². The molecule has 0 spiro atoms. The number of likely N-dealkylation sites (tertiary alicyclic amines) is 1. The number of aryl methyl sites for hydroxylation is 1. The number of rotatable bonds is 4. The predicted molar refractivity (Wildman–Crippen MR) is 112 cm³/mol. The SMILES string of the molecule is Cc1cccc(Cc2ccc(-c3cc(N)n([C@@H]4CCCN(C#N)C4)n3)cc2)c1. The molecular formula is C23H25N5. The van der Waals surface area contributed by atoms with E-state index in [4.69, 9.17) is 10.8 Å². The van der Waals surface area contributed by atoms with Crippen LogP contribution in [0.1, 0.15) is 35.6 Å². The van der Waals surface area contributed by atoms with Gasteiger partial charge in [-0.1, -0.05) is 54.1 Å². The monoisotopic (exact) mass is 371 g/mol. The first-order valence-electron chi connectivity index (χ1n) is 9.77. The number of nitrogen functional groups attached to an aromatic ring is 1. The molecule has 4 rings (SSSR count). The van der Waals surface area contributed by atoms with Gasteiger partial charge in [-0.3, -0.25) is 0 Å². The van der Waals surface area contributed by atoms with Crippen molar-refractivity contribution < 1.29 is 0 Å². The normalized spacial score (nSPS) is 16.7. The quantitative estimate of drug-likeness (QED) is 0.700. The van der Waals surface area contributed by atoms with Gasteiger partial charge in [0.25, 0.3) is 0 Å². The van der Waals surface area contributed by atoms with Gasteiger partial charge < -0.3 is 10.6 Å². The van der Waals surface area contributed by atoms with Crippen LogP contribution in [0.25, 0.3) is 11.3 Å². The molecule has 1 atom stereocenters. The van der Waals surface area contributed by atoms with E-state index in [9.17, 15) is 5.26 Å². The fraction of sp³-hybridized carbons (Fsp3) is 0.304. The van der Waals surface area contributed by atoms with Crippen molar-refractivity contribution in [3.05, 3.63) is 71.3 Å². The maximum Gasteiger partial charge on any atom is 0.179 e. The lowest BCUT2D eigenvalue weighted by Gasteiger charge is -2.29. The summed E-state index contributed by atoms with van der Waals surface area (Å²) in [6.45, 7) is 3.62. The molecule has 2 N–H and O–H groups in total. The van der Waals surface area contributed by atoms with Crippen LogP contribution < -0.4 is 5.73 Å². The summed E-state index contributed by atoms with van der Waals surface area (Å²) in [5, 5.41) is 13.9. The molecule has 0 unspecified atom stereocenters. The Balaban J connectivity index is 1.51. The molecule has 28 heavy (non-hydrogen) atoms. The van der Waals surface area contributed by atoms with Crippen molar-refractivity contribution in [3.63, 3.8) is 0 Å². The van der Waals surface area contributed by atoms with Gasteiger partial charge in [0.05, 0.1) is 18.3 Å². The number of hydrogen-bond acceptors (Lipinski definition) is 4. The van der Waals surface area contributed by atoms with Crippen LogP contribution in [0.3, 0.4) is 0 Å². The van der Waals surface area contributed by atoms with Gasteiger partial charge in [-0.05, 0) is 37.3 Å². The van der Waals surface area contributed by atoms with E-state index < -0.39 is 0 Å². The Morgan fingerprint density at radius 3 is 2.71 bits per heavy atom. The lowest BCUT2D eigenvalue weighted by Crippen LogP contribution is -2.34. The molecule has 5 heteroatoms. The minimum absolute atomic E-state index is 0.155. The Hall–Kier alpha value is -3.26. The molecule has 0 bridgehead atoms. The smallest absolute Gasteiger partial charge is 0.179 e. The van der Waals surface area contributed by atoms with Crippen LogP contribution >= 0.6 is 0 Å². The van der Waals surface area contributed by atoms with Crippen LogP contribution in [-0.2, 0) is 6.42 Å². The summed E-state index contributed by atoms with van der Waals surface area (Å²) in [5.74, 6) is 0.656. The zero-order valence-electron chi connectivity index (χ0n) is 16.2. The second kappa shape index (κ2) is 7.77. The largest absolute Gasteiger partial charge is 0.384 e. The van der Waals surface area contributed by atoms with E-state index >= 15 is 0 Å². The van der Waals surface area contributed by atoms with E-state index in [1.165, 1.54) is 16.7 Å². The van der Waals surface area contributed by atoms with Crippen molar-refractivity contribution in [2.45, 2.75) is 32.2 Å². The molecule has 1 saturated heterocycles. The minimum atomic E-state index is 0.155. The number of piperidine rings is 1. The first-order valence-corrected chi connectivity index (χ1v) is 9.77. The maximum absolute atomic E-state index is 9.17. The fourth-order valence-electron chi connectivity index (χ4n) is 3.94. The van der Waals surface area contributed by atoms with Gasteiger partial charge >= 0.3 is 0 Å². The number of anilines is 1. The lowest BCUT2D eigenvalue weighted by atomic mass is 10.0. The number of benzene rings is 2. The Labute approximate surface area is 166 Å². The summed E-state index contributed by atoms with van der Waals surface area (Å²) < 4.78 is 1.89. The summed E-state index contributed by atoms with van der Waals surface area (Å²) in [5.41, 5.74) is 12.1. The molecule has 142 valence electrons. The molecule has 2 heterocycles. The van der Waals surface area contributed by atoms with E-state index in [0.717, 1.165) is 37.1 Å². The molecule has 0 amide bonds. The number of nitrogens with zero attached hydrogens (tertiary/aromatic N) is 4. The standard InChI is InChI=1S/C23H25N5/c1-17-4-2-5-19(12-17)13-18-7-9-20(10-8-18)22-14-23(25)28(26-22)21-6-3-11-27(15-21)16-24/h2,4-5,7-10,12,14,21H,3,6,11,13,15,25H2,1H3/t21-/m1/s1. The van der Waals surface area contributed by atoms with Crippen LogP contribution in [0, 0.1) is 18.4 Å². The van der Waals surface area contributed by atoms with Gasteiger partial charge in [0, 0.05) is 18.2 Å². The lowest BCUT2D eigenvalue weighted by molar-refractivity contribution is 0.235. The topological polar surface area (TPSA) is 70.9 Å². The zero-order chi connectivity index (χ0) is 19.5. The average molecular weight is 371 g/mol. The zero-order valence-corrected chi connectivity index (χ0v) is 16.2. The molecule has 5 nitrogen and oxygen atoms in total. The van der Waals surface area contributed by atoms with E-state index in [-0.39, 0.29) is 6.04 Å². The van der Waals surface area contributed by atoms with Gasteiger partial charge in [0.2, 0.25) is 0 Å². The van der Waals surface area contributed by atoms with Crippen LogP contribution in [0.15, 0.2) is 54.6 Å². The third-order valence-corrected chi connectivity index (χ3v) is 5.39. The molecular weight excluding hydrogens is 346 g/mol. The minimum Gasteiger partial charge on any atom is -0.384 e. The molecule has 1 fully saturated rings. The Kier molecular flexibility index (Phi) is 5.03. The Morgan fingerprint density at radius 2 is 1.96 bits per heavy atom. The molecule has 0 saturated carbocycles.